The van der Waals surface area contributed by atoms with E-state index in [0.717, 1.165) is 17.6 Å². The van der Waals surface area contributed by atoms with Gasteiger partial charge in [-0.05, 0) is 32.6 Å². The topological polar surface area (TPSA) is 91.8 Å². The molecule has 138 valence electrons. The third-order valence-electron chi connectivity index (χ3n) is 4.88. The largest absolute Gasteiger partial charge is 0.287 e. The number of halogens is 2. The van der Waals surface area contributed by atoms with Crippen LogP contribution in [0.4, 0.5) is 8.78 Å². The van der Waals surface area contributed by atoms with Crippen molar-refractivity contribution in [2.75, 3.05) is 13.1 Å². The van der Waals surface area contributed by atoms with E-state index in [0.29, 0.717) is 12.8 Å². The van der Waals surface area contributed by atoms with E-state index in [1.54, 1.807) is 0 Å². The molecule has 0 aromatic carbocycles. The summed E-state index contributed by atoms with van der Waals surface area (Å²) in [6, 6.07) is 0. The number of hydrogen-bond acceptors (Lipinski definition) is 4. The van der Waals surface area contributed by atoms with Gasteiger partial charge in [0.25, 0.3) is 16.0 Å². The van der Waals surface area contributed by atoms with Gasteiger partial charge in [0.05, 0.1) is 0 Å². The Hall–Kier alpha value is -0.320. The van der Waals surface area contributed by atoms with Crippen LogP contribution >= 0.6 is 0 Å². The van der Waals surface area contributed by atoms with Crippen molar-refractivity contribution in [1.29, 1.82) is 0 Å². The second-order valence-electron chi connectivity index (χ2n) is 5.95. The zero-order valence-corrected chi connectivity index (χ0v) is 15.3. The molecule has 1 aliphatic rings. The SMILES string of the molecule is CCC(CC)(C(F)(F)C(C)S(=O)(=O)N1CCCCC1)S(=O)(=O)O. The van der Waals surface area contributed by atoms with Gasteiger partial charge in [0.1, 0.15) is 5.25 Å². The van der Waals surface area contributed by atoms with Crippen molar-refractivity contribution in [3.05, 3.63) is 0 Å². The fourth-order valence-electron chi connectivity index (χ4n) is 3.16. The number of hydrogen-bond donors (Lipinski definition) is 1. The monoisotopic (exact) mass is 377 g/mol. The highest BCUT2D eigenvalue weighted by molar-refractivity contribution is 7.90. The maximum Gasteiger partial charge on any atom is 0.287 e. The van der Waals surface area contributed by atoms with Crippen LogP contribution in [0.15, 0.2) is 0 Å². The third-order valence-corrected chi connectivity index (χ3v) is 8.99. The van der Waals surface area contributed by atoms with Gasteiger partial charge in [-0.1, -0.05) is 20.3 Å². The van der Waals surface area contributed by atoms with Crippen LogP contribution in [0.1, 0.15) is 52.9 Å². The first-order chi connectivity index (χ1) is 10.4. The average Bonchev–Trinajstić information content (AvgIpc) is 2.47. The number of rotatable bonds is 7. The molecule has 0 amide bonds. The molecule has 0 radical (unpaired) electrons. The van der Waals surface area contributed by atoms with E-state index in [4.69, 9.17) is 0 Å². The Balaban J connectivity index is 3.34. The second kappa shape index (κ2) is 6.89. The molecule has 1 atom stereocenters. The molecule has 0 bridgehead atoms. The van der Waals surface area contributed by atoms with Crippen molar-refractivity contribution in [3.8, 4) is 0 Å². The summed E-state index contributed by atoms with van der Waals surface area (Å²) < 4.78 is 85.7. The average molecular weight is 377 g/mol. The zero-order valence-electron chi connectivity index (χ0n) is 13.6. The lowest BCUT2D eigenvalue weighted by Crippen LogP contribution is -2.61. The summed E-state index contributed by atoms with van der Waals surface area (Å²) in [5.41, 5.74) is 0. The van der Waals surface area contributed by atoms with Crippen LogP contribution in [0.3, 0.4) is 0 Å². The smallest absolute Gasteiger partial charge is 0.285 e. The van der Waals surface area contributed by atoms with Crippen molar-refractivity contribution in [2.24, 2.45) is 0 Å². The Labute approximate surface area is 137 Å². The van der Waals surface area contributed by atoms with Crippen LogP contribution in [0.2, 0.25) is 0 Å². The summed E-state index contributed by atoms with van der Waals surface area (Å²) in [6.07, 6.45) is 0.824. The molecular weight excluding hydrogens is 352 g/mol. The molecule has 1 aliphatic heterocycles. The van der Waals surface area contributed by atoms with Crippen LogP contribution in [0.5, 0.6) is 0 Å². The summed E-state index contributed by atoms with van der Waals surface area (Å²) in [5.74, 6) is -4.12. The predicted molar refractivity (Wildman–Crippen MR) is 83.6 cm³/mol. The first-order valence-corrected chi connectivity index (χ1v) is 10.7. The highest BCUT2D eigenvalue weighted by Crippen LogP contribution is 2.45. The highest BCUT2D eigenvalue weighted by atomic mass is 32.2. The predicted octanol–water partition coefficient (Wildman–Crippen LogP) is 2.27. The molecule has 23 heavy (non-hydrogen) atoms. The van der Waals surface area contributed by atoms with E-state index in [9.17, 15) is 30.2 Å². The molecule has 0 aromatic heterocycles. The zero-order chi connectivity index (χ0) is 18.1. The summed E-state index contributed by atoms with van der Waals surface area (Å²) in [4.78, 5) is 0. The molecule has 1 fully saturated rings. The second-order valence-corrected chi connectivity index (χ2v) is 9.93. The standard InChI is InChI=1S/C13H25F2NO5S2/c1-4-12(5-2,23(19,20)21)13(14,15)11(3)22(17,18)16-9-7-6-8-10-16/h11H,4-10H2,1-3H3,(H,19,20,21). The van der Waals surface area contributed by atoms with Crippen molar-refractivity contribution < 1.29 is 30.2 Å². The molecule has 1 unspecified atom stereocenters. The van der Waals surface area contributed by atoms with Gasteiger partial charge in [0.15, 0.2) is 4.75 Å². The van der Waals surface area contributed by atoms with Crippen LogP contribution < -0.4 is 0 Å². The lowest BCUT2D eigenvalue weighted by atomic mass is 9.92. The maximum absolute atomic E-state index is 14.9. The summed E-state index contributed by atoms with van der Waals surface area (Å²) >= 11 is 0. The Morgan fingerprint density at radius 3 is 1.83 bits per heavy atom. The molecule has 1 saturated heterocycles. The van der Waals surface area contributed by atoms with Crippen molar-refractivity contribution in [1.82, 2.24) is 4.31 Å². The van der Waals surface area contributed by atoms with Gasteiger partial charge < -0.3 is 0 Å². The maximum atomic E-state index is 14.9. The fourth-order valence-corrected chi connectivity index (χ4v) is 6.30. The van der Waals surface area contributed by atoms with Gasteiger partial charge in [-0.3, -0.25) is 4.55 Å². The van der Waals surface area contributed by atoms with E-state index < -0.39 is 48.9 Å². The van der Waals surface area contributed by atoms with Gasteiger partial charge in [-0.25, -0.2) is 21.5 Å². The minimum Gasteiger partial charge on any atom is -0.285 e. The number of nitrogens with zero attached hydrogens (tertiary/aromatic N) is 1. The lowest BCUT2D eigenvalue weighted by Gasteiger charge is -2.41. The van der Waals surface area contributed by atoms with Gasteiger partial charge in [0.2, 0.25) is 10.0 Å². The fraction of sp³-hybridized carbons (Fsp3) is 1.00. The van der Waals surface area contributed by atoms with E-state index in [1.807, 2.05) is 0 Å². The van der Waals surface area contributed by atoms with Crippen LogP contribution in [0.25, 0.3) is 0 Å². The Morgan fingerprint density at radius 2 is 1.48 bits per heavy atom. The van der Waals surface area contributed by atoms with Crippen molar-refractivity contribution in [2.45, 2.75) is 68.8 Å². The van der Waals surface area contributed by atoms with Crippen LogP contribution in [-0.2, 0) is 20.1 Å². The Kier molecular flexibility index (Phi) is 6.21. The van der Waals surface area contributed by atoms with Gasteiger partial charge in [0, 0.05) is 13.1 Å². The Morgan fingerprint density at radius 1 is 1.04 bits per heavy atom. The number of sulfonamides is 1. The van der Waals surface area contributed by atoms with Crippen molar-refractivity contribution in [3.63, 3.8) is 0 Å². The molecule has 0 aliphatic carbocycles. The molecule has 1 rings (SSSR count). The highest BCUT2D eigenvalue weighted by Gasteiger charge is 2.65. The summed E-state index contributed by atoms with van der Waals surface area (Å²) in [7, 11) is -9.53. The van der Waals surface area contributed by atoms with Gasteiger partial charge in [-0.15, -0.1) is 0 Å². The molecule has 1 heterocycles. The van der Waals surface area contributed by atoms with E-state index in [2.05, 4.69) is 0 Å². The van der Waals surface area contributed by atoms with Crippen molar-refractivity contribution >= 4 is 20.1 Å². The molecule has 0 spiro atoms. The quantitative estimate of drug-likeness (QED) is 0.687. The molecule has 10 heteroatoms. The molecule has 0 saturated carbocycles. The Bertz CT molecular complexity index is 608. The van der Waals surface area contributed by atoms with Gasteiger partial charge in [-0.2, -0.15) is 8.42 Å². The lowest BCUT2D eigenvalue weighted by molar-refractivity contribution is -0.0495. The molecule has 0 aromatic rings. The van der Waals surface area contributed by atoms with Crippen LogP contribution in [0, 0.1) is 0 Å². The minimum absolute atomic E-state index is 0.153. The van der Waals surface area contributed by atoms with E-state index >= 15 is 0 Å². The molecule has 6 nitrogen and oxygen atoms in total. The first kappa shape index (κ1) is 20.7. The number of alkyl halides is 2. The summed E-state index contributed by atoms with van der Waals surface area (Å²) in [5, 5.41) is -2.24. The van der Waals surface area contributed by atoms with Gasteiger partial charge >= 0.3 is 0 Å². The molecular formula is C13H25F2NO5S2. The minimum atomic E-state index is -5.15. The summed E-state index contributed by atoms with van der Waals surface area (Å²) in [6.45, 7) is 3.52. The molecule has 1 N–H and O–H groups in total. The third kappa shape index (κ3) is 3.40. The number of piperidine rings is 1. The van der Waals surface area contributed by atoms with Crippen LogP contribution in [-0.4, -0.2) is 54.7 Å². The van der Waals surface area contributed by atoms with E-state index in [-0.39, 0.29) is 13.1 Å². The first-order valence-electron chi connectivity index (χ1n) is 7.72. The normalized spacial score (nSPS) is 20.4. The van der Waals surface area contributed by atoms with E-state index in [1.165, 1.54) is 13.8 Å².